The van der Waals surface area contributed by atoms with Gasteiger partial charge in [0.2, 0.25) is 11.8 Å². The normalized spacial score (nSPS) is 36.2. The first-order valence-electron chi connectivity index (χ1n) is 9.87. The largest absolute Gasteiger partial charge is 0.370 e. The van der Waals surface area contributed by atoms with Gasteiger partial charge in [-0.3, -0.25) is 19.4 Å². The summed E-state index contributed by atoms with van der Waals surface area (Å²) in [4.78, 5) is 28.8. The van der Waals surface area contributed by atoms with E-state index in [0.717, 1.165) is 31.0 Å². The lowest BCUT2D eigenvalue weighted by Crippen LogP contribution is -2.50. The Morgan fingerprint density at radius 2 is 1.71 bits per heavy atom. The van der Waals surface area contributed by atoms with E-state index in [9.17, 15) is 18.4 Å². The smallest absolute Gasteiger partial charge is 0.234 e. The molecule has 0 bridgehead atoms. The molecule has 2 amide bonds. The molecule has 28 heavy (non-hydrogen) atoms. The molecule has 4 fully saturated rings. The number of imide groups is 1. The molecule has 5 atom stereocenters. The van der Waals surface area contributed by atoms with Crippen LogP contribution in [0.15, 0.2) is 18.2 Å². The Morgan fingerprint density at radius 3 is 2.32 bits per heavy atom. The third-order valence-electron chi connectivity index (χ3n) is 6.55. The van der Waals surface area contributed by atoms with Crippen LogP contribution in [0.5, 0.6) is 0 Å². The number of ether oxygens (including phenoxy) is 1. The molecule has 0 spiro atoms. The highest BCUT2D eigenvalue weighted by atomic mass is 19.1. The van der Waals surface area contributed by atoms with Crippen molar-refractivity contribution in [1.29, 1.82) is 0 Å². The second-order valence-corrected chi connectivity index (χ2v) is 8.42. The van der Waals surface area contributed by atoms with E-state index < -0.39 is 23.8 Å². The van der Waals surface area contributed by atoms with Gasteiger partial charge in [-0.1, -0.05) is 0 Å². The number of carbonyl (C=O) groups is 2. The summed E-state index contributed by atoms with van der Waals surface area (Å²) in [5, 5.41) is 0. The number of nitrogens with two attached hydrogens (primary N) is 1. The van der Waals surface area contributed by atoms with Gasteiger partial charge in [0.1, 0.15) is 17.7 Å². The third-order valence-corrected chi connectivity index (χ3v) is 6.55. The van der Waals surface area contributed by atoms with Crippen LogP contribution in [0.3, 0.4) is 0 Å². The minimum absolute atomic E-state index is 0.0385. The lowest BCUT2D eigenvalue weighted by molar-refractivity contribution is -0.141. The van der Waals surface area contributed by atoms with E-state index in [1.807, 2.05) is 0 Å². The van der Waals surface area contributed by atoms with Gasteiger partial charge in [-0.2, -0.15) is 0 Å². The Labute approximate surface area is 161 Å². The summed E-state index contributed by atoms with van der Waals surface area (Å²) in [5.41, 5.74) is 6.38. The molecule has 6 nitrogen and oxygen atoms in total. The van der Waals surface area contributed by atoms with Crippen LogP contribution in [0.25, 0.3) is 0 Å². The van der Waals surface area contributed by atoms with Crippen molar-refractivity contribution in [2.75, 3.05) is 19.7 Å². The van der Waals surface area contributed by atoms with Gasteiger partial charge in [-0.25, -0.2) is 8.78 Å². The molecule has 0 radical (unpaired) electrons. The lowest BCUT2D eigenvalue weighted by atomic mass is 9.93. The van der Waals surface area contributed by atoms with Crippen LogP contribution in [-0.4, -0.2) is 59.4 Å². The number of benzene rings is 1. The van der Waals surface area contributed by atoms with Gasteiger partial charge in [0.15, 0.2) is 0 Å². The molecule has 3 heterocycles. The van der Waals surface area contributed by atoms with Crippen molar-refractivity contribution >= 4 is 11.8 Å². The number of carbonyl (C=O) groups excluding carboxylic acids is 2. The number of hydrogen-bond acceptors (Lipinski definition) is 5. The van der Waals surface area contributed by atoms with E-state index in [0.29, 0.717) is 26.1 Å². The average Bonchev–Trinajstić information content (AvgIpc) is 3.34. The lowest BCUT2D eigenvalue weighted by Gasteiger charge is -2.39. The maximum absolute atomic E-state index is 14.1. The summed E-state index contributed by atoms with van der Waals surface area (Å²) in [6, 6.07) is 2.86. The zero-order valence-electron chi connectivity index (χ0n) is 15.4. The van der Waals surface area contributed by atoms with Crippen LogP contribution >= 0.6 is 0 Å². The SMILES string of the molecule is NC1CC(N2CC3C(=O)N(C4CC4)C(=O)C3C2)CO[C@@H]1c1cc(F)ccc1F. The highest BCUT2D eigenvalue weighted by Gasteiger charge is 2.56. The zero-order valence-corrected chi connectivity index (χ0v) is 15.4. The zero-order chi connectivity index (χ0) is 19.6. The van der Waals surface area contributed by atoms with Gasteiger partial charge in [0.05, 0.1) is 18.4 Å². The maximum Gasteiger partial charge on any atom is 0.234 e. The van der Waals surface area contributed by atoms with Crippen LogP contribution in [0.1, 0.15) is 30.9 Å². The maximum atomic E-state index is 14.1. The molecule has 1 aromatic carbocycles. The molecule has 1 saturated carbocycles. The monoisotopic (exact) mass is 391 g/mol. The second kappa shape index (κ2) is 6.57. The van der Waals surface area contributed by atoms with Crippen molar-refractivity contribution in [1.82, 2.24) is 9.80 Å². The summed E-state index contributed by atoms with van der Waals surface area (Å²) >= 11 is 0. The van der Waals surface area contributed by atoms with Gasteiger partial charge >= 0.3 is 0 Å². The highest BCUT2D eigenvalue weighted by molar-refractivity contribution is 6.06. The van der Waals surface area contributed by atoms with E-state index in [-0.39, 0.29) is 41.3 Å². The minimum Gasteiger partial charge on any atom is -0.370 e. The van der Waals surface area contributed by atoms with Crippen molar-refractivity contribution in [3.63, 3.8) is 0 Å². The molecule has 3 aliphatic heterocycles. The second-order valence-electron chi connectivity index (χ2n) is 8.42. The topological polar surface area (TPSA) is 75.9 Å². The van der Waals surface area contributed by atoms with Crippen molar-refractivity contribution < 1.29 is 23.1 Å². The van der Waals surface area contributed by atoms with E-state index in [1.165, 1.54) is 4.90 Å². The van der Waals surface area contributed by atoms with E-state index in [2.05, 4.69) is 4.90 Å². The molecule has 4 unspecified atom stereocenters. The van der Waals surface area contributed by atoms with E-state index >= 15 is 0 Å². The van der Waals surface area contributed by atoms with Gasteiger partial charge in [-0.15, -0.1) is 0 Å². The minimum atomic E-state index is -0.706. The van der Waals surface area contributed by atoms with Gasteiger partial charge in [-0.05, 0) is 37.5 Å². The molecule has 2 N–H and O–H groups in total. The van der Waals surface area contributed by atoms with Crippen molar-refractivity contribution in [2.45, 2.75) is 43.5 Å². The molecule has 4 aliphatic rings. The van der Waals surface area contributed by atoms with Crippen LogP contribution in [0, 0.1) is 23.5 Å². The van der Waals surface area contributed by atoms with Crippen LogP contribution in [-0.2, 0) is 14.3 Å². The first-order valence-corrected chi connectivity index (χ1v) is 9.87. The van der Waals surface area contributed by atoms with Gasteiger partial charge in [0, 0.05) is 36.8 Å². The number of likely N-dealkylation sites (tertiary alicyclic amines) is 2. The number of hydrogen-bond donors (Lipinski definition) is 1. The number of nitrogens with zero attached hydrogens (tertiary/aromatic N) is 2. The highest BCUT2D eigenvalue weighted by Crippen LogP contribution is 2.41. The molecular weight excluding hydrogens is 368 g/mol. The summed E-state index contributed by atoms with van der Waals surface area (Å²) in [6.45, 7) is 1.36. The molecule has 8 heteroatoms. The number of amides is 2. The Balaban J connectivity index is 1.26. The third kappa shape index (κ3) is 2.86. The predicted molar refractivity (Wildman–Crippen MR) is 94.9 cm³/mol. The first kappa shape index (κ1) is 18.1. The van der Waals surface area contributed by atoms with Crippen molar-refractivity contribution in [3.8, 4) is 0 Å². The molecular formula is C20H23F2N3O3. The Bertz CT molecular complexity index is 807. The molecule has 5 rings (SSSR count). The molecule has 3 saturated heterocycles. The fourth-order valence-corrected chi connectivity index (χ4v) is 4.94. The standard InChI is InChI=1S/C20H23F2N3O3/c21-10-1-4-16(22)13(5-10)18-17(23)6-12(9-28-18)24-7-14-15(8-24)20(27)25(19(14)26)11-2-3-11/h1,4-5,11-12,14-15,17-18H,2-3,6-9,23H2/t12?,14?,15?,17?,18-/m1/s1. The number of halogens is 2. The first-order chi connectivity index (χ1) is 13.4. The molecule has 0 aromatic heterocycles. The van der Waals surface area contributed by atoms with E-state index in [4.69, 9.17) is 10.5 Å². The Morgan fingerprint density at radius 1 is 1.04 bits per heavy atom. The fraction of sp³-hybridized carbons (Fsp3) is 0.600. The number of rotatable bonds is 3. The Kier molecular flexibility index (Phi) is 4.26. The quantitative estimate of drug-likeness (QED) is 0.784. The summed E-state index contributed by atoms with van der Waals surface area (Å²) in [7, 11) is 0. The Hall–Kier alpha value is -1.90. The van der Waals surface area contributed by atoms with Gasteiger partial charge in [0.25, 0.3) is 0 Å². The van der Waals surface area contributed by atoms with Crippen molar-refractivity contribution in [2.24, 2.45) is 17.6 Å². The van der Waals surface area contributed by atoms with E-state index in [1.54, 1.807) is 0 Å². The van der Waals surface area contributed by atoms with Crippen LogP contribution < -0.4 is 5.73 Å². The summed E-state index contributed by atoms with van der Waals surface area (Å²) in [5.74, 6) is -1.70. The van der Waals surface area contributed by atoms with Crippen LogP contribution in [0.2, 0.25) is 0 Å². The van der Waals surface area contributed by atoms with Gasteiger partial charge < -0.3 is 10.5 Å². The fourth-order valence-electron chi connectivity index (χ4n) is 4.94. The molecule has 150 valence electrons. The summed E-state index contributed by atoms with van der Waals surface area (Å²) in [6.07, 6.45) is 1.67. The molecule has 1 aromatic rings. The van der Waals surface area contributed by atoms with Crippen molar-refractivity contribution in [3.05, 3.63) is 35.4 Å². The number of fused-ring (bicyclic) bond motifs is 1. The van der Waals surface area contributed by atoms with Crippen LogP contribution in [0.4, 0.5) is 8.78 Å². The predicted octanol–water partition coefficient (Wildman–Crippen LogP) is 1.20. The summed E-state index contributed by atoms with van der Waals surface area (Å²) < 4.78 is 33.4. The average molecular weight is 391 g/mol. The molecule has 1 aliphatic carbocycles.